The molecule has 2 aromatic rings. The third kappa shape index (κ3) is 3.35. The Kier molecular flexibility index (Phi) is 4.87. The first-order valence-corrected chi connectivity index (χ1v) is 9.89. The Balaban J connectivity index is 1.95. The highest BCUT2D eigenvalue weighted by Gasteiger charge is 2.20. The highest BCUT2D eigenvalue weighted by Crippen LogP contribution is 2.27. The van der Waals surface area contributed by atoms with E-state index in [4.69, 9.17) is 0 Å². The molecule has 1 saturated heterocycles. The highest BCUT2D eigenvalue weighted by atomic mass is 32.2. The molecule has 7 heteroatoms. The van der Waals surface area contributed by atoms with Crippen LogP contribution in [-0.2, 0) is 10.0 Å². The number of imidazole rings is 1. The van der Waals surface area contributed by atoms with E-state index >= 15 is 0 Å². The minimum Gasteiger partial charge on any atom is -0.367 e. The molecule has 0 spiro atoms. The summed E-state index contributed by atoms with van der Waals surface area (Å²) in [6.07, 6.45) is 4.08. The summed E-state index contributed by atoms with van der Waals surface area (Å²) in [5.41, 5.74) is 2.47. The Labute approximate surface area is 137 Å². The fraction of sp³-hybridized carbons (Fsp3) is 0.562. The van der Waals surface area contributed by atoms with Crippen molar-refractivity contribution in [1.82, 2.24) is 14.3 Å². The number of hydrogen-bond acceptors (Lipinski definition) is 5. The zero-order valence-corrected chi connectivity index (χ0v) is 14.3. The minimum absolute atomic E-state index is 0.171. The van der Waals surface area contributed by atoms with Crippen LogP contribution in [0.1, 0.15) is 26.2 Å². The van der Waals surface area contributed by atoms with Crippen molar-refractivity contribution in [2.45, 2.75) is 26.2 Å². The zero-order chi connectivity index (χ0) is 16.3. The first-order valence-electron chi connectivity index (χ1n) is 8.28. The van der Waals surface area contributed by atoms with Crippen LogP contribution in [0.5, 0.6) is 0 Å². The predicted molar refractivity (Wildman–Crippen MR) is 93.5 cm³/mol. The molecule has 1 aliphatic rings. The van der Waals surface area contributed by atoms with Gasteiger partial charge in [0.1, 0.15) is 11.8 Å². The average molecular weight is 336 g/mol. The molecular formula is C16H24N4O2S. The largest absolute Gasteiger partial charge is 0.367 e. The maximum absolute atomic E-state index is 12.6. The molecule has 0 saturated carbocycles. The van der Waals surface area contributed by atoms with Gasteiger partial charge in [-0.3, -0.25) is 0 Å². The number of benzene rings is 1. The maximum Gasteiger partial charge on any atom is 0.240 e. The van der Waals surface area contributed by atoms with Crippen molar-refractivity contribution in [1.29, 1.82) is 0 Å². The monoisotopic (exact) mass is 336 g/mol. The molecule has 23 heavy (non-hydrogen) atoms. The van der Waals surface area contributed by atoms with Crippen LogP contribution in [0.25, 0.3) is 11.0 Å². The van der Waals surface area contributed by atoms with Crippen LogP contribution in [0.4, 0.5) is 5.69 Å². The Hall–Kier alpha value is -1.60. The molecule has 0 radical (unpaired) electrons. The number of rotatable bonds is 6. The van der Waals surface area contributed by atoms with Gasteiger partial charge >= 0.3 is 0 Å². The lowest BCUT2D eigenvalue weighted by molar-refractivity contribution is 0.583. The molecule has 126 valence electrons. The van der Waals surface area contributed by atoms with Gasteiger partial charge in [0, 0.05) is 26.2 Å². The smallest absolute Gasteiger partial charge is 0.240 e. The van der Waals surface area contributed by atoms with Gasteiger partial charge in [0.15, 0.2) is 0 Å². The van der Waals surface area contributed by atoms with Crippen LogP contribution in [0, 0.1) is 0 Å². The third-order valence-corrected chi connectivity index (χ3v) is 5.98. The summed E-state index contributed by atoms with van der Waals surface area (Å²) < 4.78 is 26.5. The van der Waals surface area contributed by atoms with Crippen molar-refractivity contribution in [3.63, 3.8) is 0 Å². The van der Waals surface area contributed by atoms with Crippen LogP contribution in [0.15, 0.2) is 24.5 Å². The second-order valence-corrected chi connectivity index (χ2v) is 7.91. The summed E-state index contributed by atoms with van der Waals surface area (Å²) in [7, 11) is -3.34. The lowest BCUT2D eigenvalue weighted by atomic mass is 10.2. The minimum atomic E-state index is -3.34. The van der Waals surface area contributed by atoms with Gasteiger partial charge in [-0.1, -0.05) is 25.8 Å². The standard InChI is InChI=1S/C16H24N4O2S/c1-2-3-4-12-23(21,22)20-13-18-16-14(6-5-7-15(16)20)19-10-8-17-9-11-19/h5-7,13,17H,2-4,8-12H2,1H3. The van der Waals surface area contributed by atoms with Gasteiger partial charge < -0.3 is 10.2 Å². The van der Waals surface area contributed by atoms with E-state index in [0.29, 0.717) is 11.9 Å². The highest BCUT2D eigenvalue weighted by molar-refractivity contribution is 7.90. The number of nitrogens with zero attached hydrogens (tertiary/aromatic N) is 3. The average Bonchev–Trinajstić information content (AvgIpc) is 3.00. The molecule has 1 aromatic carbocycles. The van der Waals surface area contributed by atoms with E-state index in [2.05, 4.69) is 22.1 Å². The molecule has 1 fully saturated rings. The van der Waals surface area contributed by atoms with E-state index in [9.17, 15) is 8.42 Å². The van der Waals surface area contributed by atoms with Crippen molar-refractivity contribution in [3.8, 4) is 0 Å². The van der Waals surface area contributed by atoms with Crippen LogP contribution in [0.2, 0.25) is 0 Å². The van der Waals surface area contributed by atoms with Crippen LogP contribution in [0.3, 0.4) is 0 Å². The topological polar surface area (TPSA) is 67.2 Å². The molecule has 1 aromatic heterocycles. The van der Waals surface area contributed by atoms with Gasteiger partial charge in [-0.05, 0) is 18.6 Å². The fourth-order valence-corrected chi connectivity index (χ4v) is 4.42. The third-order valence-electron chi connectivity index (χ3n) is 4.29. The van der Waals surface area contributed by atoms with Gasteiger partial charge in [-0.25, -0.2) is 17.4 Å². The fourth-order valence-electron chi connectivity index (χ4n) is 3.02. The summed E-state index contributed by atoms with van der Waals surface area (Å²) >= 11 is 0. The molecule has 6 nitrogen and oxygen atoms in total. The summed E-state index contributed by atoms with van der Waals surface area (Å²) in [5, 5.41) is 3.33. The van der Waals surface area contributed by atoms with Gasteiger partial charge in [-0.15, -0.1) is 0 Å². The summed E-state index contributed by atoms with van der Waals surface area (Å²) in [6.45, 7) is 5.77. The molecule has 3 rings (SSSR count). The Morgan fingerprint density at radius 2 is 2.00 bits per heavy atom. The molecule has 1 aliphatic heterocycles. The Morgan fingerprint density at radius 1 is 1.22 bits per heavy atom. The summed E-state index contributed by atoms with van der Waals surface area (Å²) in [5.74, 6) is 0.171. The molecule has 0 aliphatic carbocycles. The van der Waals surface area contributed by atoms with Crippen molar-refractivity contribution in [2.75, 3.05) is 36.8 Å². The lowest BCUT2D eigenvalue weighted by Crippen LogP contribution is -2.43. The summed E-state index contributed by atoms with van der Waals surface area (Å²) in [4.78, 5) is 6.67. The molecule has 0 amide bonds. The van der Waals surface area contributed by atoms with Gasteiger partial charge in [0.05, 0.1) is 17.0 Å². The molecule has 0 bridgehead atoms. The van der Waals surface area contributed by atoms with E-state index in [1.807, 2.05) is 18.2 Å². The number of hydrogen-bond donors (Lipinski definition) is 1. The number of nitrogens with one attached hydrogen (secondary N) is 1. The molecule has 0 unspecified atom stereocenters. The van der Waals surface area contributed by atoms with Gasteiger partial charge in [0.2, 0.25) is 10.0 Å². The number of unbranched alkanes of at least 4 members (excludes halogenated alkanes) is 2. The number of para-hydroxylation sites is 1. The van der Waals surface area contributed by atoms with Gasteiger partial charge in [0.25, 0.3) is 0 Å². The van der Waals surface area contributed by atoms with Crippen LogP contribution >= 0.6 is 0 Å². The Bertz CT molecular complexity index is 763. The quantitative estimate of drug-likeness (QED) is 0.815. The molecule has 2 heterocycles. The normalized spacial score (nSPS) is 16.1. The Morgan fingerprint density at radius 3 is 2.74 bits per heavy atom. The predicted octanol–water partition coefficient (Wildman–Crippen LogP) is 1.81. The molecular weight excluding hydrogens is 312 g/mol. The first kappa shape index (κ1) is 16.3. The van der Waals surface area contributed by atoms with E-state index in [0.717, 1.165) is 50.2 Å². The van der Waals surface area contributed by atoms with Crippen molar-refractivity contribution in [3.05, 3.63) is 24.5 Å². The zero-order valence-electron chi connectivity index (χ0n) is 13.5. The lowest BCUT2D eigenvalue weighted by Gasteiger charge is -2.29. The van der Waals surface area contributed by atoms with E-state index in [1.165, 1.54) is 10.3 Å². The van der Waals surface area contributed by atoms with Crippen LogP contribution < -0.4 is 10.2 Å². The SMILES string of the molecule is CCCCCS(=O)(=O)n1cnc2c(N3CCNCC3)cccc21. The number of anilines is 1. The first-order chi connectivity index (χ1) is 11.1. The second kappa shape index (κ2) is 6.88. The van der Waals surface area contributed by atoms with E-state index in [1.54, 1.807) is 0 Å². The van der Waals surface area contributed by atoms with Crippen molar-refractivity contribution >= 4 is 26.7 Å². The number of aromatic nitrogens is 2. The molecule has 1 N–H and O–H groups in total. The number of piperazine rings is 1. The van der Waals surface area contributed by atoms with Crippen molar-refractivity contribution in [2.24, 2.45) is 0 Å². The van der Waals surface area contributed by atoms with Gasteiger partial charge in [-0.2, -0.15) is 0 Å². The van der Waals surface area contributed by atoms with Crippen molar-refractivity contribution < 1.29 is 8.42 Å². The van der Waals surface area contributed by atoms with E-state index in [-0.39, 0.29) is 5.75 Å². The second-order valence-electron chi connectivity index (χ2n) is 5.95. The number of fused-ring (bicyclic) bond motifs is 1. The molecule has 0 atom stereocenters. The van der Waals surface area contributed by atoms with Crippen LogP contribution in [-0.4, -0.2) is 49.3 Å². The maximum atomic E-state index is 12.6. The summed E-state index contributed by atoms with van der Waals surface area (Å²) in [6, 6.07) is 5.78. The van der Waals surface area contributed by atoms with E-state index < -0.39 is 10.0 Å².